The molecular formula is C54H34N4O. The number of furan rings is 1. The molecule has 5 nitrogen and oxygen atoms in total. The van der Waals surface area contributed by atoms with E-state index in [1.54, 1.807) is 0 Å². The number of aromatic amines is 1. The average Bonchev–Trinajstić information content (AvgIpc) is 4.01. The van der Waals surface area contributed by atoms with Gasteiger partial charge in [0.1, 0.15) is 17.1 Å². The monoisotopic (exact) mass is 754 g/mol. The van der Waals surface area contributed by atoms with Crippen LogP contribution in [0, 0.1) is 0 Å². The Labute approximate surface area is 339 Å². The summed E-state index contributed by atoms with van der Waals surface area (Å²) in [7, 11) is 0. The highest BCUT2D eigenvalue weighted by molar-refractivity contribution is 6.12. The van der Waals surface area contributed by atoms with E-state index < -0.39 is 0 Å². The molecule has 8 aromatic carbocycles. The molecule has 0 unspecified atom stereocenters. The van der Waals surface area contributed by atoms with Crippen molar-refractivity contribution in [3.8, 4) is 61.7 Å². The van der Waals surface area contributed by atoms with Gasteiger partial charge >= 0.3 is 0 Å². The van der Waals surface area contributed by atoms with Gasteiger partial charge in [0, 0.05) is 55.5 Å². The Kier molecular flexibility index (Phi) is 7.47. The zero-order chi connectivity index (χ0) is 38.9. The molecule has 0 aliphatic rings. The average molecular weight is 755 g/mol. The van der Waals surface area contributed by atoms with E-state index in [-0.39, 0.29) is 0 Å². The minimum atomic E-state index is 0.776. The second-order valence-corrected chi connectivity index (χ2v) is 15.0. The molecule has 4 heterocycles. The summed E-state index contributed by atoms with van der Waals surface area (Å²) in [5, 5.41) is 4.48. The smallest absolute Gasteiger partial charge is 0.161 e. The highest BCUT2D eigenvalue weighted by Gasteiger charge is 2.23. The number of pyridine rings is 1. The zero-order valence-corrected chi connectivity index (χ0v) is 31.8. The molecular weight excluding hydrogens is 721 g/mol. The van der Waals surface area contributed by atoms with Crippen molar-refractivity contribution in [1.29, 1.82) is 0 Å². The van der Waals surface area contributed by atoms with Crippen LogP contribution in [0.3, 0.4) is 0 Å². The van der Waals surface area contributed by atoms with E-state index in [4.69, 9.17) is 14.4 Å². The number of benzene rings is 8. The van der Waals surface area contributed by atoms with Crippen LogP contribution in [-0.4, -0.2) is 19.5 Å². The number of hydrogen-bond donors (Lipinski definition) is 1. The summed E-state index contributed by atoms with van der Waals surface area (Å²) in [5.74, 6) is 0.862. The van der Waals surface area contributed by atoms with Gasteiger partial charge in [-0.3, -0.25) is 9.55 Å². The Balaban J connectivity index is 1.15. The lowest BCUT2D eigenvalue weighted by molar-refractivity contribution is 0.668. The van der Waals surface area contributed by atoms with E-state index in [9.17, 15) is 0 Å². The van der Waals surface area contributed by atoms with E-state index in [1.165, 1.54) is 10.8 Å². The lowest BCUT2D eigenvalue weighted by Gasteiger charge is -2.15. The van der Waals surface area contributed by atoms with Crippen molar-refractivity contribution >= 4 is 54.8 Å². The van der Waals surface area contributed by atoms with E-state index in [0.717, 1.165) is 106 Å². The summed E-state index contributed by atoms with van der Waals surface area (Å²) >= 11 is 0. The minimum Gasteiger partial charge on any atom is -0.454 e. The third kappa shape index (κ3) is 5.33. The molecule has 0 bridgehead atoms. The van der Waals surface area contributed by atoms with Gasteiger partial charge in [-0.1, -0.05) is 140 Å². The van der Waals surface area contributed by atoms with Crippen molar-refractivity contribution < 1.29 is 4.42 Å². The largest absolute Gasteiger partial charge is 0.454 e. The summed E-state index contributed by atoms with van der Waals surface area (Å²) in [5.41, 5.74) is 16.1. The van der Waals surface area contributed by atoms with Crippen LogP contribution < -0.4 is 0 Å². The first-order chi connectivity index (χ1) is 29.3. The summed E-state index contributed by atoms with van der Waals surface area (Å²) in [6.07, 6.45) is 1.89. The fourth-order valence-electron chi connectivity index (χ4n) is 8.92. The first-order valence-corrected chi connectivity index (χ1v) is 19.9. The molecule has 1 N–H and O–H groups in total. The maximum Gasteiger partial charge on any atom is 0.161 e. The van der Waals surface area contributed by atoms with Gasteiger partial charge in [0.25, 0.3) is 0 Å². The number of aromatic nitrogens is 4. The normalized spacial score (nSPS) is 11.7. The van der Waals surface area contributed by atoms with E-state index >= 15 is 0 Å². The summed E-state index contributed by atoms with van der Waals surface area (Å²) in [6.45, 7) is 0. The molecule has 12 aromatic rings. The Bertz CT molecular complexity index is 3560. The molecule has 0 aliphatic carbocycles. The van der Waals surface area contributed by atoms with Crippen LogP contribution >= 0.6 is 0 Å². The molecule has 0 fully saturated rings. The number of H-pyrrole nitrogens is 1. The summed E-state index contributed by atoms with van der Waals surface area (Å²) in [6, 6.07) is 68.4. The summed E-state index contributed by atoms with van der Waals surface area (Å²) < 4.78 is 8.89. The second-order valence-electron chi connectivity index (χ2n) is 15.0. The van der Waals surface area contributed by atoms with Gasteiger partial charge in [0.05, 0.1) is 22.2 Å². The van der Waals surface area contributed by atoms with Crippen molar-refractivity contribution in [2.45, 2.75) is 0 Å². The Morgan fingerprint density at radius 2 is 1.12 bits per heavy atom. The Hall–Kier alpha value is -8.02. The van der Waals surface area contributed by atoms with Crippen LogP contribution in [0.2, 0.25) is 0 Å². The molecule has 0 spiro atoms. The predicted octanol–water partition coefficient (Wildman–Crippen LogP) is 14.3. The van der Waals surface area contributed by atoms with Gasteiger partial charge in [-0.15, -0.1) is 0 Å². The fourth-order valence-corrected chi connectivity index (χ4v) is 8.92. The number of nitrogens with one attached hydrogen (secondary N) is 1. The van der Waals surface area contributed by atoms with Gasteiger partial charge < -0.3 is 9.40 Å². The van der Waals surface area contributed by atoms with Crippen LogP contribution in [0.25, 0.3) is 116 Å². The van der Waals surface area contributed by atoms with Crippen LogP contribution in [-0.2, 0) is 0 Å². The molecule has 59 heavy (non-hydrogen) atoms. The van der Waals surface area contributed by atoms with Crippen molar-refractivity contribution in [3.63, 3.8) is 0 Å². The molecule has 0 aliphatic heterocycles. The summed E-state index contributed by atoms with van der Waals surface area (Å²) in [4.78, 5) is 14.4. The van der Waals surface area contributed by atoms with Crippen LogP contribution in [0.4, 0.5) is 0 Å². The maximum absolute atomic E-state index is 6.54. The highest BCUT2D eigenvalue weighted by atomic mass is 16.3. The molecule has 12 rings (SSSR count). The number of para-hydroxylation sites is 5. The molecule has 5 heteroatoms. The van der Waals surface area contributed by atoms with E-state index in [2.05, 4.69) is 185 Å². The lowest BCUT2D eigenvalue weighted by atomic mass is 9.94. The quantitative estimate of drug-likeness (QED) is 0.184. The highest BCUT2D eigenvalue weighted by Crippen LogP contribution is 2.43. The predicted molar refractivity (Wildman–Crippen MR) is 243 cm³/mol. The topological polar surface area (TPSA) is 59.6 Å². The number of hydrogen-bond acceptors (Lipinski definition) is 3. The van der Waals surface area contributed by atoms with Crippen molar-refractivity contribution in [1.82, 2.24) is 19.5 Å². The van der Waals surface area contributed by atoms with Gasteiger partial charge in [0.15, 0.2) is 5.58 Å². The molecule has 0 amide bonds. The molecule has 276 valence electrons. The third-order valence-electron chi connectivity index (χ3n) is 11.6. The fraction of sp³-hybridized carbons (Fsp3) is 0. The Morgan fingerprint density at radius 3 is 2.00 bits per heavy atom. The molecule has 0 saturated carbocycles. The van der Waals surface area contributed by atoms with Gasteiger partial charge in [0.2, 0.25) is 0 Å². The van der Waals surface area contributed by atoms with Gasteiger partial charge in [-0.05, 0) is 76.9 Å². The van der Waals surface area contributed by atoms with Crippen molar-refractivity contribution in [2.75, 3.05) is 0 Å². The zero-order valence-electron chi connectivity index (χ0n) is 31.8. The van der Waals surface area contributed by atoms with Crippen LogP contribution in [0.15, 0.2) is 205 Å². The number of fused-ring (bicyclic) bond motifs is 7. The van der Waals surface area contributed by atoms with E-state index in [0.29, 0.717) is 0 Å². The molecule has 0 atom stereocenters. The SMILES string of the molecule is c1ccc(-c2cc(-c3cccc4c3nc(-c3cccc5c3[nH]c3ccccc35)n4-c3ccccc3-c3ccccc3)cc(-c3nccc4c3oc3ccccc34)c2)cc1. The number of nitrogens with zero attached hydrogens (tertiary/aromatic N) is 3. The Morgan fingerprint density at radius 1 is 0.458 bits per heavy atom. The standard InChI is InChI=1S/C54H34N4O/c1-3-15-34(16-4-1)36-31-37(33-38(32-36)50-53-44(29-30-55-50)42-21-9-12-28-49(42)59-53)40-22-14-27-48-52(40)57-54(45-24-13-23-43-41-20-7-10-25-46(41)56-51(43)45)58(48)47-26-11-8-19-39(47)35-17-5-2-6-18-35/h1-33,56H. The molecule has 4 aromatic heterocycles. The van der Waals surface area contributed by atoms with E-state index in [1.807, 2.05) is 24.4 Å². The maximum atomic E-state index is 6.54. The van der Waals surface area contributed by atoms with Gasteiger partial charge in [-0.25, -0.2) is 4.98 Å². The third-order valence-corrected chi connectivity index (χ3v) is 11.6. The first-order valence-electron chi connectivity index (χ1n) is 19.9. The van der Waals surface area contributed by atoms with Crippen molar-refractivity contribution in [2.24, 2.45) is 0 Å². The number of imidazole rings is 1. The van der Waals surface area contributed by atoms with Gasteiger partial charge in [-0.2, -0.15) is 0 Å². The second kappa shape index (κ2) is 13.3. The minimum absolute atomic E-state index is 0.776. The number of rotatable bonds is 6. The first kappa shape index (κ1) is 33.2. The lowest BCUT2D eigenvalue weighted by Crippen LogP contribution is -2.00. The molecule has 0 saturated heterocycles. The van der Waals surface area contributed by atoms with Crippen LogP contribution in [0.5, 0.6) is 0 Å². The van der Waals surface area contributed by atoms with Crippen LogP contribution in [0.1, 0.15) is 0 Å². The van der Waals surface area contributed by atoms with Crippen molar-refractivity contribution in [3.05, 3.63) is 200 Å². The molecule has 0 radical (unpaired) electrons.